The molecule has 2 fully saturated rings. The zero-order valence-electron chi connectivity index (χ0n) is 15.6. The molecular weight excluding hydrogens is 330 g/mol. The molecule has 0 radical (unpaired) electrons. The van der Waals surface area contributed by atoms with Gasteiger partial charge in [0.25, 0.3) is 0 Å². The zero-order valence-corrected chi connectivity index (χ0v) is 15.6. The van der Waals surface area contributed by atoms with Gasteiger partial charge in [-0.3, -0.25) is 14.4 Å². The Morgan fingerprint density at radius 2 is 1.69 bits per heavy atom. The number of aryl methyl sites for hydroxylation is 3. The number of hydrogen-bond acceptors (Lipinski definition) is 3. The maximum absolute atomic E-state index is 12.5. The Morgan fingerprint density at radius 1 is 1.04 bits per heavy atom. The smallest absolute Gasteiger partial charge is 0.312 e. The zero-order chi connectivity index (χ0) is 18.7. The van der Waals surface area contributed by atoms with E-state index in [0.29, 0.717) is 32.6 Å². The maximum atomic E-state index is 12.5. The van der Waals surface area contributed by atoms with Crippen LogP contribution < -0.4 is 5.32 Å². The van der Waals surface area contributed by atoms with E-state index < -0.39 is 11.8 Å². The number of carbonyl (C=O) groups is 3. The fourth-order valence-electron chi connectivity index (χ4n) is 3.30. The van der Waals surface area contributed by atoms with Gasteiger partial charge in [-0.2, -0.15) is 0 Å². The second-order valence-electron chi connectivity index (χ2n) is 7.35. The minimum Gasteiger partial charge on any atom is -0.345 e. The molecule has 26 heavy (non-hydrogen) atoms. The molecule has 6 heteroatoms. The van der Waals surface area contributed by atoms with Crippen LogP contribution in [0.25, 0.3) is 0 Å². The molecule has 1 aromatic rings. The molecule has 3 amide bonds. The van der Waals surface area contributed by atoms with E-state index in [9.17, 15) is 14.4 Å². The lowest BCUT2D eigenvalue weighted by Gasteiger charge is -2.34. The summed E-state index contributed by atoms with van der Waals surface area (Å²) in [4.78, 5) is 39.8. The van der Waals surface area contributed by atoms with E-state index in [-0.39, 0.29) is 11.9 Å². The molecule has 1 saturated carbocycles. The first-order chi connectivity index (χ1) is 12.4. The highest BCUT2D eigenvalue weighted by molar-refractivity contribution is 6.35. The lowest BCUT2D eigenvalue weighted by atomic mass is 10.0. The first-order valence-corrected chi connectivity index (χ1v) is 9.37. The van der Waals surface area contributed by atoms with Gasteiger partial charge >= 0.3 is 11.8 Å². The third kappa shape index (κ3) is 4.62. The van der Waals surface area contributed by atoms with Crippen molar-refractivity contribution in [3.63, 3.8) is 0 Å². The molecule has 1 saturated heterocycles. The van der Waals surface area contributed by atoms with Crippen LogP contribution in [-0.4, -0.2) is 59.7 Å². The van der Waals surface area contributed by atoms with Gasteiger partial charge in [-0.05, 0) is 44.2 Å². The van der Waals surface area contributed by atoms with Crippen LogP contribution in [0.4, 0.5) is 0 Å². The number of amides is 3. The second-order valence-corrected chi connectivity index (χ2v) is 7.35. The standard InChI is InChI=1S/C20H27N3O3/c1-14-3-4-16(15(2)13-14)5-8-18(24)22-9-11-23(12-10-22)20(26)19(25)21-17-6-7-17/h3-4,13,17H,5-12H2,1-2H3,(H,21,25). The van der Waals surface area contributed by atoms with Crippen LogP contribution in [0.3, 0.4) is 0 Å². The lowest BCUT2D eigenvalue weighted by Crippen LogP contribution is -2.54. The van der Waals surface area contributed by atoms with Gasteiger partial charge in [0.2, 0.25) is 5.91 Å². The summed E-state index contributed by atoms with van der Waals surface area (Å²) < 4.78 is 0. The highest BCUT2D eigenvalue weighted by Crippen LogP contribution is 2.18. The van der Waals surface area contributed by atoms with Crippen molar-refractivity contribution >= 4 is 17.7 Å². The SMILES string of the molecule is Cc1ccc(CCC(=O)N2CCN(C(=O)C(=O)NC3CC3)CC2)c(C)c1. The Labute approximate surface area is 154 Å². The molecule has 1 heterocycles. The van der Waals surface area contributed by atoms with Gasteiger partial charge in [-0.15, -0.1) is 0 Å². The van der Waals surface area contributed by atoms with Gasteiger partial charge in [0.1, 0.15) is 0 Å². The largest absolute Gasteiger partial charge is 0.345 e. The van der Waals surface area contributed by atoms with Crippen molar-refractivity contribution in [2.45, 2.75) is 45.6 Å². The third-order valence-electron chi connectivity index (χ3n) is 5.13. The summed E-state index contributed by atoms with van der Waals surface area (Å²) in [5, 5.41) is 2.72. The van der Waals surface area contributed by atoms with E-state index in [0.717, 1.165) is 19.3 Å². The van der Waals surface area contributed by atoms with Gasteiger partial charge < -0.3 is 15.1 Å². The van der Waals surface area contributed by atoms with Crippen LogP contribution in [-0.2, 0) is 20.8 Å². The molecule has 0 unspecified atom stereocenters. The number of piperazine rings is 1. The highest BCUT2D eigenvalue weighted by atomic mass is 16.2. The number of nitrogens with zero attached hydrogens (tertiary/aromatic N) is 2. The average Bonchev–Trinajstić information content (AvgIpc) is 3.44. The molecule has 0 spiro atoms. The second kappa shape index (κ2) is 7.89. The van der Waals surface area contributed by atoms with E-state index in [1.807, 2.05) is 0 Å². The van der Waals surface area contributed by atoms with E-state index >= 15 is 0 Å². The molecule has 1 aliphatic heterocycles. The van der Waals surface area contributed by atoms with Crippen LogP contribution in [0.15, 0.2) is 18.2 Å². The average molecular weight is 357 g/mol. The maximum Gasteiger partial charge on any atom is 0.312 e. The van der Waals surface area contributed by atoms with Crippen LogP contribution >= 0.6 is 0 Å². The van der Waals surface area contributed by atoms with Crippen LogP contribution in [0.2, 0.25) is 0 Å². The monoisotopic (exact) mass is 357 g/mol. The molecule has 2 aliphatic rings. The number of benzene rings is 1. The Hall–Kier alpha value is -2.37. The minimum absolute atomic E-state index is 0.111. The summed E-state index contributed by atoms with van der Waals surface area (Å²) >= 11 is 0. The molecule has 3 rings (SSSR count). The molecular formula is C20H27N3O3. The number of rotatable bonds is 4. The Bertz CT molecular complexity index is 704. The Kier molecular flexibility index (Phi) is 5.59. The number of carbonyl (C=O) groups excluding carboxylic acids is 3. The van der Waals surface area contributed by atoms with Gasteiger partial charge in [0.05, 0.1) is 0 Å². The molecule has 140 valence electrons. The predicted octanol–water partition coefficient (Wildman–Crippen LogP) is 1.19. The summed E-state index contributed by atoms with van der Waals surface area (Å²) in [6.45, 7) is 5.97. The molecule has 1 aromatic carbocycles. The quantitative estimate of drug-likeness (QED) is 0.823. The molecule has 6 nitrogen and oxygen atoms in total. The number of hydrogen-bond donors (Lipinski definition) is 1. The van der Waals surface area contributed by atoms with Crippen molar-refractivity contribution in [1.29, 1.82) is 0 Å². The normalized spacial score (nSPS) is 17.2. The molecule has 0 aromatic heterocycles. The molecule has 0 bridgehead atoms. The topological polar surface area (TPSA) is 69.7 Å². The molecule has 1 N–H and O–H groups in total. The first kappa shape index (κ1) is 18.4. The fraction of sp³-hybridized carbons (Fsp3) is 0.550. The summed E-state index contributed by atoms with van der Waals surface area (Å²) in [6.07, 6.45) is 3.12. The summed E-state index contributed by atoms with van der Waals surface area (Å²) in [6, 6.07) is 6.48. The Morgan fingerprint density at radius 3 is 2.31 bits per heavy atom. The predicted molar refractivity (Wildman–Crippen MR) is 98.6 cm³/mol. The van der Waals surface area contributed by atoms with Crippen molar-refractivity contribution in [2.24, 2.45) is 0 Å². The van der Waals surface area contributed by atoms with Gasteiger partial charge in [-0.25, -0.2) is 0 Å². The Balaban J connectivity index is 1.44. The van der Waals surface area contributed by atoms with Gasteiger partial charge in [0, 0.05) is 38.6 Å². The van der Waals surface area contributed by atoms with E-state index in [2.05, 4.69) is 37.4 Å². The summed E-state index contributed by atoms with van der Waals surface area (Å²) in [5.41, 5.74) is 3.65. The van der Waals surface area contributed by atoms with Crippen molar-refractivity contribution in [3.05, 3.63) is 34.9 Å². The fourth-order valence-corrected chi connectivity index (χ4v) is 3.30. The lowest BCUT2D eigenvalue weighted by molar-refractivity contribution is -0.148. The van der Waals surface area contributed by atoms with Gasteiger partial charge in [0.15, 0.2) is 0 Å². The van der Waals surface area contributed by atoms with Crippen molar-refractivity contribution in [2.75, 3.05) is 26.2 Å². The van der Waals surface area contributed by atoms with Crippen LogP contribution in [0.5, 0.6) is 0 Å². The van der Waals surface area contributed by atoms with E-state index in [4.69, 9.17) is 0 Å². The van der Waals surface area contributed by atoms with Gasteiger partial charge in [-0.1, -0.05) is 23.8 Å². The van der Waals surface area contributed by atoms with Crippen LogP contribution in [0, 0.1) is 13.8 Å². The highest BCUT2D eigenvalue weighted by Gasteiger charge is 2.31. The first-order valence-electron chi connectivity index (χ1n) is 9.37. The minimum atomic E-state index is -0.512. The molecule has 1 aliphatic carbocycles. The third-order valence-corrected chi connectivity index (χ3v) is 5.13. The summed E-state index contributed by atoms with van der Waals surface area (Å²) in [5.74, 6) is -0.874. The van der Waals surface area contributed by atoms with Crippen molar-refractivity contribution < 1.29 is 14.4 Å². The number of nitrogens with one attached hydrogen (secondary N) is 1. The van der Waals surface area contributed by atoms with E-state index in [1.165, 1.54) is 16.7 Å². The van der Waals surface area contributed by atoms with E-state index in [1.54, 1.807) is 9.80 Å². The van der Waals surface area contributed by atoms with Crippen molar-refractivity contribution in [3.8, 4) is 0 Å². The van der Waals surface area contributed by atoms with Crippen LogP contribution in [0.1, 0.15) is 36.0 Å². The summed E-state index contributed by atoms with van der Waals surface area (Å²) in [7, 11) is 0. The van der Waals surface area contributed by atoms with Crippen molar-refractivity contribution in [1.82, 2.24) is 15.1 Å². The molecule has 0 atom stereocenters.